The van der Waals surface area contributed by atoms with Crippen molar-refractivity contribution in [3.63, 3.8) is 0 Å². The van der Waals surface area contributed by atoms with E-state index in [1.54, 1.807) is 0 Å². The zero-order valence-electron chi connectivity index (χ0n) is 14.7. The van der Waals surface area contributed by atoms with Crippen molar-refractivity contribution in [3.8, 4) is 0 Å². The summed E-state index contributed by atoms with van der Waals surface area (Å²) in [6.45, 7) is 3.98. The van der Waals surface area contributed by atoms with E-state index < -0.39 is 0 Å². The molecule has 1 saturated carbocycles. The van der Waals surface area contributed by atoms with Crippen LogP contribution < -0.4 is 10.2 Å². The molecule has 2 N–H and O–H groups in total. The summed E-state index contributed by atoms with van der Waals surface area (Å²) in [7, 11) is 0. The molecule has 0 spiro atoms. The van der Waals surface area contributed by atoms with Gasteiger partial charge in [0, 0.05) is 19.5 Å². The first kappa shape index (κ1) is 17.3. The molecule has 2 unspecified atom stereocenters. The van der Waals surface area contributed by atoms with Gasteiger partial charge in [-0.2, -0.15) is 0 Å². The average Bonchev–Trinajstić information content (AvgIpc) is 2.56. The third-order valence-corrected chi connectivity index (χ3v) is 5.50. The molecule has 3 rings (SSSR count). The smallest absolute Gasteiger partial charge is 0.224 e. The van der Waals surface area contributed by atoms with Gasteiger partial charge in [-0.25, -0.2) is 0 Å². The molecule has 1 saturated heterocycles. The molecule has 1 amide bonds. The van der Waals surface area contributed by atoms with E-state index in [9.17, 15) is 9.90 Å². The average molecular weight is 330 g/mol. The Morgan fingerprint density at radius 1 is 1.21 bits per heavy atom. The minimum Gasteiger partial charge on any atom is -0.393 e. The van der Waals surface area contributed by atoms with Gasteiger partial charge in [-0.3, -0.25) is 4.79 Å². The summed E-state index contributed by atoms with van der Waals surface area (Å²) in [5, 5.41) is 12.8. The van der Waals surface area contributed by atoms with Gasteiger partial charge < -0.3 is 15.3 Å². The summed E-state index contributed by atoms with van der Waals surface area (Å²) in [5.74, 6) is 1.42. The van der Waals surface area contributed by atoms with Crippen molar-refractivity contribution in [1.29, 1.82) is 0 Å². The van der Waals surface area contributed by atoms with Crippen LogP contribution >= 0.6 is 0 Å². The fraction of sp³-hybridized carbons (Fsp3) is 0.650. The van der Waals surface area contributed by atoms with Gasteiger partial charge in [0.25, 0.3) is 0 Å². The Morgan fingerprint density at radius 3 is 2.71 bits per heavy atom. The van der Waals surface area contributed by atoms with Crippen molar-refractivity contribution in [2.45, 2.75) is 58.0 Å². The highest BCUT2D eigenvalue weighted by atomic mass is 16.3. The van der Waals surface area contributed by atoms with Crippen LogP contribution in [-0.4, -0.2) is 30.2 Å². The number of carbonyl (C=O) groups is 1. The van der Waals surface area contributed by atoms with Crippen LogP contribution in [0.25, 0.3) is 0 Å². The Hall–Kier alpha value is -1.55. The highest BCUT2D eigenvalue weighted by Crippen LogP contribution is 2.32. The first-order valence-corrected chi connectivity index (χ1v) is 9.43. The fourth-order valence-electron chi connectivity index (χ4n) is 4.17. The monoisotopic (exact) mass is 330 g/mol. The molecule has 1 aromatic rings. The molecular weight excluding hydrogens is 300 g/mol. The summed E-state index contributed by atoms with van der Waals surface area (Å²) >= 11 is 0. The Balaban J connectivity index is 1.61. The molecule has 4 heteroatoms. The van der Waals surface area contributed by atoms with Gasteiger partial charge in [0.15, 0.2) is 0 Å². The van der Waals surface area contributed by atoms with Gasteiger partial charge >= 0.3 is 0 Å². The van der Waals surface area contributed by atoms with Crippen LogP contribution in [0.1, 0.15) is 51.9 Å². The lowest BCUT2D eigenvalue weighted by Crippen LogP contribution is -2.36. The number of hydrogen-bond acceptors (Lipinski definition) is 3. The molecule has 2 atom stereocenters. The Bertz CT molecular complexity index is 552. The van der Waals surface area contributed by atoms with E-state index in [-0.39, 0.29) is 12.0 Å². The van der Waals surface area contributed by atoms with Crippen molar-refractivity contribution < 1.29 is 9.90 Å². The second kappa shape index (κ2) is 8.02. The van der Waals surface area contributed by atoms with Crippen LogP contribution in [0.3, 0.4) is 0 Å². The highest BCUT2D eigenvalue weighted by molar-refractivity contribution is 5.94. The number of hydrogen-bond donors (Lipinski definition) is 2. The predicted molar refractivity (Wildman–Crippen MR) is 98.3 cm³/mol. The van der Waals surface area contributed by atoms with E-state index in [0.717, 1.165) is 43.2 Å². The zero-order valence-corrected chi connectivity index (χ0v) is 14.7. The molecule has 1 aromatic carbocycles. The standard InChI is InChI=1S/C20H30N2O2/c1-15-5-4-6-16(13-15)14-20(24)21-18-7-2-3-8-19(18)22-11-9-17(23)10-12-22/h2-3,7-8,15-17,23H,4-6,9-14H2,1H3,(H,21,24). The Morgan fingerprint density at radius 2 is 1.96 bits per heavy atom. The largest absolute Gasteiger partial charge is 0.393 e. The van der Waals surface area contributed by atoms with Crippen molar-refractivity contribution >= 4 is 17.3 Å². The number of piperidine rings is 1. The topological polar surface area (TPSA) is 52.6 Å². The Kier molecular flexibility index (Phi) is 5.77. The summed E-state index contributed by atoms with van der Waals surface area (Å²) < 4.78 is 0. The van der Waals surface area contributed by atoms with Crippen molar-refractivity contribution in [2.24, 2.45) is 11.8 Å². The predicted octanol–water partition coefficient (Wildman–Crippen LogP) is 3.80. The molecule has 0 radical (unpaired) electrons. The van der Waals surface area contributed by atoms with Crippen LogP contribution in [0.4, 0.5) is 11.4 Å². The van der Waals surface area contributed by atoms with Crippen molar-refractivity contribution in [1.82, 2.24) is 0 Å². The van der Waals surface area contributed by atoms with Gasteiger partial charge in [0.05, 0.1) is 17.5 Å². The van der Waals surface area contributed by atoms with E-state index >= 15 is 0 Å². The number of carbonyl (C=O) groups excluding carboxylic acids is 1. The fourth-order valence-corrected chi connectivity index (χ4v) is 4.17. The number of anilines is 2. The number of benzene rings is 1. The number of rotatable bonds is 4. The number of aliphatic hydroxyl groups is 1. The first-order valence-electron chi connectivity index (χ1n) is 9.43. The molecule has 4 nitrogen and oxygen atoms in total. The number of aliphatic hydroxyl groups excluding tert-OH is 1. The minimum absolute atomic E-state index is 0.138. The lowest BCUT2D eigenvalue weighted by molar-refractivity contribution is -0.117. The number of amides is 1. The number of nitrogens with one attached hydrogen (secondary N) is 1. The third-order valence-electron chi connectivity index (χ3n) is 5.50. The van der Waals surface area contributed by atoms with E-state index in [4.69, 9.17) is 0 Å². The molecule has 0 bridgehead atoms. The second-order valence-electron chi connectivity index (χ2n) is 7.63. The van der Waals surface area contributed by atoms with E-state index in [0.29, 0.717) is 12.3 Å². The lowest BCUT2D eigenvalue weighted by Gasteiger charge is -2.33. The Labute approximate surface area is 145 Å². The maximum atomic E-state index is 12.5. The summed E-state index contributed by atoms with van der Waals surface area (Å²) in [6.07, 6.45) is 6.97. The molecule has 2 aliphatic rings. The van der Waals surface area contributed by atoms with Gasteiger partial charge in [-0.15, -0.1) is 0 Å². The number of nitrogens with zero attached hydrogens (tertiary/aromatic N) is 1. The van der Waals surface area contributed by atoms with Gasteiger partial charge in [-0.1, -0.05) is 31.9 Å². The summed E-state index contributed by atoms with van der Waals surface area (Å²) in [4.78, 5) is 14.8. The maximum Gasteiger partial charge on any atom is 0.224 e. The minimum atomic E-state index is -0.184. The normalized spacial score (nSPS) is 25.5. The van der Waals surface area contributed by atoms with Crippen LogP contribution in [0.5, 0.6) is 0 Å². The third kappa shape index (κ3) is 4.50. The molecule has 1 aliphatic carbocycles. The van der Waals surface area contributed by atoms with Crippen LogP contribution in [-0.2, 0) is 4.79 Å². The van der Waals surface area contributed by atoms with E-state index in [1.165, 1.54) is 25.7 Å². The van der Waals surface area contributed by atoms with E-state index in [1.807, 2.05) is 18.2 Å². The first-order chi connectivity index (χ1) is 11.6. The van der Waals surface area contributed by atoms with Gasteiger partial charge in [-0.05, 0) is 49.7 Å². The molecule has 0 aromatic heterocycles. The van der Waals surface area contributed by atoms with Crippen LogP contribution in [0.2, 0.25) is 0 Å². The van der Waals surface area contributed by atoms with E-state index in [2.05, 4.69) is 23.2 Å². The molecule has 2 fully saturated rings. The molecular formula is C20H30N2O2. The highest BCUT2D eigenvalue weighted by Gasteiger charge is 2.23. The van der Waals surface area contributed by atoms with Crippen LogP contribution in [0.15, 0.2) is 24.3 Å². The second-order valence-corrected chi connectivity index (χ2v) is 7.63. The summed E-state index contributed by atoms with van der Waals surface area (Å²) in [5.41, 5.74) is 1.98. The molecule has 1 aliphatic heterocycles. The maximum absolute atomic E-state index is 12.5. The zero-order chi connectivity index (χ0) is 16.9. The SMILES string of the molecule is CC1CCCC(CC(=O)Nc2ccccc2N2CCC(O)CC2)C1. The van der Waals surface area contributed by atoms with Gasteiger partial charge in [0.2, 0.25) is 5.91 Å². The lowest BCUT2D eigenvalue weighted by atomic mass is 9.81. The number of para-hydroxylation sites is 2. The molecule has 1 heterocycles. The quantitative estimate of drug-likeness (QED) is 0.883. The van der Waals surface area contributed by atoms with Crippen molar-refractivity contribution in [2.75, 3.05) is 23.3 Å². The molecule has 132 valence electrons. The van der Waals surface area contributed by atoms with Crippen molar-refractivity contribution in [3.05, 3.63) is 24.3 Å². The van der Waals surface area contributed by atoms with Gasteiger partial charge in [0.1, 0.15) is 0 Å². The summed E-state index contributed by atoms with van der Waals surface area (Å²) in [6, 6.07) is 8.04. The van der Waals surface area contributed by atoms with Crippen LogP contribution in [0, 0.1) is 11.8 Å². The molecule has 24 heavy (non-hydrogen) atoms.